The standard InChI is InChI=1S/C24H33N5O2/c1-27-13-15-29(16-14-27)19-21-9-6-10-22(17-21)26-23(30)11-12-25-24(31)28(2)18-20-7-4-3-5-8-20/h3-10,17H,11-16,18-19H2,1-2H3,(H,25,31)(H,26,30). The van der Waals surface area contributed by atoms with Crippen LogP contribution in [0.25, 0.3) is 0 Å². The van der Waals surface area contributed by atoms with Crippen LogP contribution in [0.2, 0.25) is 0 Å². The molecular formula is C24H33N5O2. The number of urea groups is 1. The molecule has 0 unspecified atom stereocenters. The molecule has 1 saturated heterocycles. The molecule has 3 rings (SSSR count). The Morgan fingerprint density at radius 3 is 2.42 bits per heavy atom. The number of rotatable bonds is 8. The normalized spacial score (nSPS) is 14.8. The third kappa shape index (κ3) is 7.70. The topological polar surface area (TPSA) is 67.9 Å². The first-order chi connectivity index (χ1) is 15.0. The molecule has 0 spiro atoms. The van der Waals surface area contributed by atoms with E-state index in [0.29, 0.717) is 13.1 Å². The van der Waals surface area contributed by atoms with Crippen molar-refractivity contribution >= 4 is 17.6 Å². The Labute approximate surface area is 185 Å². The fourth-order valence-corrected chi connectivity index (χ4v) is 3.58. The minimum atomic E-state index is -0.189. The molecule has 1 heterocycles. The van der Waals surface area contributed by atoms with Crippen molar-refractivity contribution < 1.29 is 9.59 Å². The van der Waals surface area contributed by atoms with Crippen molar-refractivity contribution in [2.45, 2.75) is 19.5 Å². The summed E-state index contributed by atoms with van der Waals surface area (Å²) >= 11 is 0. The summed E-state index contributed by atoms with van der Waals surface area (Å²) < 4.78 is 0. The van der Waals surface area contributed by atoms with E-state index in [9.17, 15) is 9.59 Å². The Hall–Kier alpha value is -2.90. The van der Waals surface area contributed by atoms with Crippen molar-refractivity contribution in [1.29, 1.82) is 0 Å². The number of hydrogen-bond acceptors (Lipinski definition) is 4. The van der Waals surface area contributed by atoms with Gasteiger partial charge in [0.15, 0.2) is 0 Å². The van der Waals surface area contributed by atoms with Gasteiger partial charge in [0.05, 0.1) is 0 Å². The molecular weight excluding hydrogens is 390 g/mol. The van der Waals surface area contributed by atoms with Crippen molar-refractivity contribution in [2.24, 2.45) is 0 Å². The van der Waals surface area contributed by atoms with E-state index in [1.54, 1.807) is 11.9 Å². The van der Waals surface area contributed by atoms with E-state index in [2.05, 4.69) is 33.5 Å². The summed E-state index contributed by atoms with van der Waals surface area (Å²) in [5.74, 6) is -0.109. The van der Waals surface area contributed by atoms with Gasteiger partial charge >= 0.3 is 6.03 Å². The van der Waals surface area contributed by atoms with Crippen LogP contribution in [0.5, 0.6) is 0 Å². The second kappa shape index (κ2) is 11.5. The molecule has 7 heteroatoms. The van der Waals surface area contributed by atoms with Gasteiger partial charge in [-0.05, 0) is 30.3 Å². The van der Waals surface area contributed by atoms with Crippen LogP contribution >= 0.6 is 0 Å². The second-order valence-electron chi connectivity index (χ2n) is 8.15. The highest BCUT2D eigenvalue weighted by Gasteiger charge is 2.14. The van der Waals surface area contributed by atoms with Gasteiger partial charge in [-0.1, -0.05) is 42.5 Å². The molecule has 3 amide bonds. The number of benzene rings is 2. The van der Waals surface area contributed by atoms with Crippen molar-refractivity contribution in [3.63, 3.8) is 0 Å². The number of carbonyl (C=O) groups excluding carboxylic acids is 2. The molecule has 1 aliphatic heterocycles. The molecule has 2 N–H and O–H groups in total. The Kier molecular flexibility index (Phi) is 8.44. The van der Waals surface area contributed by atoms with Crippen LogP contribution < -0.4 is 10.6 Å². The van der Waals surface area contributed by atoms with Crippen LogP contribution in [0.4, 0.5) is 10.5 Å². The van der Waals surface area contributed by atoms with Crippen molar-refractivity contribution in [3.05, 3.63) is 65.7 Å². The summed E-state index contributed by atoms with van der Waals surface area (Å²) in [5, 5.41) is 5.74. The van der Waals surface area contributed by atoms with Gasteiger partial charge < -0.3 is 20.4 Å². The first-order valence-electron chi connectivity index (χ1n) is 10.8. The number of piperazine rings is 1. The van der Waals surface area contributed by atoms with E-state index in [4.69, 9.17) is 0 Å². The lowest BCUT2D eigenvalue weighted by atomic mass is 10.1. The number of nitrogens with one attached hydrogen (secondary N) is 2. The maximum atomic E-state index is 12.3. The highest BCUT2D eigenvalue weighted by molar-refractivity contribution is 5.91. The predicted octanol–water partition coefficient (Wildman–Crippen LogP) is 2.60. The summed E-state index contributed by atoms with van der Waals surface area (Å²) in [6.07, 6.45) is 0.230. The van der Waals surface area contributed by atoms with E-state index < -0.39 is 0 Å². The minimum absolute atomic E-state index is 0.109. The molecule has 0 bridgehead atoms. The van der Waals surface area contributed by atoms with Gasteiger partial charge in [-0.25, -0.2) is 4.79 Å². The summed E-state index contributed by atoms with van der Waals surface area (Å²) in [7, 11) is 3.89. The highest BCUT2D eigenvalue weighted by atomic mass is 16.2. The summed E-state index contributed by atoms with van der Waals surface area (Å²) in [5.41, 5.74) is 3.05. The molecule has 0 aliphatic carbocycles. The molecule has 0 radical (unpaired) electrons. The number of nitrogens with zero attached hydrogens (tertiary/aromatic N) is 3. The zero-order valence-electron chi connectivity index (χ0n) is 18.5. The second-order valence-corrected chi connectivity index (χ2v) is 8.15. The van der Waals surface area contributed by atoms with Crippen molar-refractivity contribution in [1.82, 2.24) is 20.0 Å². The molecule has 7 nitrogen and oxygen atoms in total. The summed E-state index contributed by atoms with van der Waals surface area (Å²) in [4.78, 5) is 30.9. The smallest absolute Gasteiger partial charge is 0.317 e. The maximum absolute atomic E-state index is 12.3. The SMILES string of the molecule is CN1CCN(Cc2cccc(NC(=O)CCNC(=O)N(C)Cc3ccccc3)c2)CC1. The van der Waals surface area contributed by atoms with Gasteiger partial charge in [0.25, 0.3) is 0 Å². The van der Waals surface area contributed by atoms with E-state index in [-0.39, 0.29) is 18.4 Å². The number of anilines is 1. The van der Waals surface area contributed by atoms with Crippen molar-refractivity contribution in [3.8, 4) is 0 Å². The minimum Gasteiger partial charge on any atom is -0.337 e. The largest absolute Gasteiger partial charge is 0.337 e. The van der Waals surface area contributed by atoms with Gasteiger partial charge in [0, 0.05) is 65.0 Å². The maximum Gasteiger partial charge on any atom is 0.317 e. The van der Waals surface area contributed by atoms with Crippen LogP contribution in [-0.4, -0.2) is 73.5 Å². The van der Waals surface area contributed by atoms with Gasteiger partial charge in [0.2, 0.25) is 5.91 Å². The zero-order valence-corrected chi connectivity index (χ0v) is 18.5. The number of amides is 3. The van der Waals surface area contributed by atoms with E-state index in [1.807, 2.05) is 48.5 Å². The van der Waals surface area contributed by atoms with Gasteiger partial charge in [0.1, 0.15) is 0 Å². The van der Waals surface area contributed by atoms with E-state index >= 15 is 0 Å². The van der Waals surface area contributed by atoms with Crippen LogP contribution in [-0.2, 0) is 17.9 Å². The van der Waals surface area contributed by atoms with Gasteiger partial charge in [-0.3, -0.25) is 9.69 Å². The Morgan fingerprint density at radius 2 is 1.68 bits per heavy atom. The molecule has 0 saturated carbocycles. The Balaban J connectivity index is 1.39. The average molecular weight is 424 g/mol. The monoisotopic (exact) mass is 423 g/mol. The molecule has 0 aromatic heterocycles. The Morgan fingerprint density at radius 1 is 0.968 bits per heavy atom. The third-order valence-corrected chi connectivity index (χ3v) is 5.45. The molecule has 2 aromatic rings. The Bertz CT molecular complexity index is 850. The molecule has 31 heavy (non-hydrogen) atoms. The van der Waals surface area contributed by atoms with Crippen LogP contribution in [0.15, 0.2) is 54.6 Å². The highest BCUT2D eigenvalue weighted by Crippen LogP contribution is 2.14. The van der Waals surface area contributed by atoms with Gasteiger partial charge in [-0.15, -0.1) is 0 Å². The first kappa shape index (κ1) is 22.8. The fraction of sp³-hybridized carbons (Fsp3) is 0.417. The lowest BCUT2D eigenvalue weighted by Gasteiger charge is -2.32. The first-order valence-corrected chi connectivity index (χ1v) is 10.8. The van der Waals surface area contributed by atoms with Crippen LogP contribution in [0.3, 0.4) is 0 Å². The summed E-state index contributed by atoms with van der Waals surface area (Å²) in [6.45, 7) is 6.01. The molecule has 166 valence electrons. The van der Waals surface area contributed by atoms with E-state index in [0.717, 1.165) is 44.0 Å². The number of carbonyl (C=O) groups is 2. The van der Waals surface area contributed by atoms with Gasteiger partial charge in [-0.2, -0.15) is 0 Å². The van der Waals surface area contributed by atoms with Crippen LogP contribution in [0, 0.1) is 0 Å². The van der Waals surface area contributed by atoms with Crippen LogP contribution in [0.1, 0.15) is 17.5 Å². The lowest BCUT2D eigenvalue weighted by Crippen LogP contribution is -2.43. The zero-order chi connectivity index (χ0) is 22.1. The number of hydrogen-bond donors (Lipinski definition) is 2. The third-order valence-electron chi connectivity index (χ3n) is 5.45. The quantitative estimate of drug-likeness (QED) is 0.685. The lowest BCUT2D eigenvalue weighted by molar-refractivity contribution is -0.116. The van der Waals surface area contributed by atoms with E-state index in [1.165, 1.54) is 5.56 Å². The fourth-order valence-electron chi connectivity index (χ4n) is 3.58. The molecule has 1 fully saturated rings. The molecule has 1 aliphatic rings. The predicted molar refractivity (Wildman–Crippen MR) is 124 cm³/mol. The molecule has 0 atom stereocenters. The number of likely N-dealkylation sites (N-methyl/N-ethyl adjacent to an activating group) is 1. The average Bonchev–Trinajstić information content (AvgIpc) is 2.76. The summed E-state index contributed by atoms with van der Waals surface area (Å²) in [6, 6.07) is 17.6. The molecule has 2 aromatic carbocycles. The van der Waals surface area contributed by atoms with Crippen molar-refractivity contribution in [2.75, 3.05) is 52.1 Å².